The summed E-state index contributed by atoms with van der Waals surface area (Å²) in [6.07, 6.45) is 2.09. The van der Waals surface area contributed by atoms with E-state index >= 15 is 0 Å². The number of aromatic nitrogens is 2. The zero-order valence-corrected chi connectivity index (χ0v) is 26.0. The summed E-state index contributed by atoms with van der Waals surface area (Å²) >= 11 is 0. The number of hydrogen-bond donors (Lipinski definition) is 1. The van der Waals surface area contributed by atoms with Crippen LogP contribution < -0.4 is 4.72 Å². The van der Waals surface area contributed by atoms with Crippen LogP contribution in [0.15, 0.2) is 120 Å². The highest BCUT2D eigenvalue weighted by Gasteiger charge is 2.22. The Bertz CT molecular complexity index is 1770. The lowest BCUT2D eigenvalue weighted by Crippen LogP contribution is -2.28. The van der Waals surface area contributed by atoms with E-state index in [0.717, 1.165) is 53.3 Å². The van der Waals surface area contributed by atoms with Gasteiger partial charge in [-0.05, 0) is 29.7 Å². The van der Waals surface area contributed by atoms with Gasteiger partial charge in [-0.25, -0.2) is 18.1 Å². The van der Waals surface area contributed by atoms with Gasteiger partial charge in [-0.2, -0.15) is 0 Å². The van der Waals surface area contributed by atoms with Gasteiger partial charge >= 0.3 is 0 Å². The second-order valence-electron chi connectivity index (χ2n) is 10.9. The minimum atomic E-state index is -3.90. The summed E-state index contributed by atoms with van der Waals surface area (Å²) in [5.74, 6) is 0.340. The minimum Gasteiger partial charge on any atom is -0.326 e. The summed E-state index contributed by atoms with van der Waals surface area (Å²) < 4.78 is 29.5. The topological polar surface area (TPSA) is 84.3 Å². The van der Waals surface area contributed by atoms with Gasteiger partial charge in [0.2, 0.25) is 5.91 Å². The van der Waals surface area contributed by atoms with Gasteiger partial charge in [-0.3, -0.25) is 9.69 Å². The smallest absolute Gasteiger partial charge is 0.264 e. The van der Waals surface area contributed by atoms with Crippen LogP contribution in [0.5, 0.6) is 0 Å². The van der Waals surface area contributed by atoms with Crippen molar-refractivity contribution in [2.75, 3.05) is 0 Å². The molecule has 1 amide bonds. The van der Waals surface area contributed by atoms with Crippen molar-refractivity contribution in [3.8, 4) is 22.6 Å². The highest BCUT2D eigenvalue weighted by atomic mass is 32.2. The quantitative estimate of drug-likeness (QED) is 0.155. The van der Waals surface area contributed by atoms with E-state index in [1.807, 2.05) is 71.5 Å². The first kappa shape index (κ1) is 30.9. The highest BCUT2D eigenvalue weighted by molar-refractivity contribution is 7.90. The first-order chi connectivity index (χ1) is 21.3. The molecule has 1 aromatic heterocycles. The van der Waals surface area contributed by atoms with Gasteiger partial charge in [0.25, 0.3) is 10.0 Å². The Morgan fingerprint density at radius 2 is 1.30 bits per heavy atom. The van der Waals surface area contributed by atoms with Gasteiger partial charge < -0.3 is 4.57 Å². The summed E-state index contributed by atoms with van der Waals surface area (Å²) in [5.41, 5.74) is 6.41. The summed E-state index contributed by atoms with van der Waals surface area (Å²) in [6, 6.07) is 37.8. The summed E-state index contributed by atoms with van der Waals surface area (Å²) in [5, 5.41) is 0. The van der Waals surface area contributed by atoms with Crippen LogP contribution in [0.2, 0.25) is 0 Å². The molecule has 7 nitrogen and oxygen atoms in total. The predicted octanol–water partition coefficient (Wildman–Crippen LogP) is 7.04. The predicted molar refractivity (Wildman–Crippen MR) is 175 cm³/mol. The molecule has 5 aromatic rings. The minimum absolute atomic E-state index is 0.0579. The second kappa shape index (κ2) is 14.3. The van der Waals surface area contributed by atoms with E-state index in [2.05, 4.69) is 52.8 Å². The fourth-order valence-corrected chi connectivity index (χ4v) is 6.33. The molecule has 44 heavy (non-hydrogen) atoms. The molecule has 0 bridgehead atoms. The van der Waals surface area contributed by atoms with Crippen LogP contribution >= 0.6 is 0 Å². The molecule has 0 aliphatic heterocycles. The van der Waals surface area contributed by atoms with E-state index in [9.17, 15) is 13.2 Å². The fourth-order valence-electron chi connectivity index (χ4n) is 5.34. The average molecular weight is 607 g/mol. The maximum atomic E-state index is 12.5. The SMILES string of the molecule is CCCCn1c(-c2ccccc2)nc(-c2ccccc2)c1CN(Cc1ccccc1)Cc1ccc(S(=O)(=O)NC(C)=O)cc1. The van der Waals surface area contributed by atoms with Gasteiger partial charge in [-0.15, -0.1) is 0 Å². The number of nitrogens with one attached hydrogen (secondary N) is 1. The lowest BCUT2D eigenvalue weighted by atomic mass is 10.1. The zero-order valence-electron chi connectivity index (χ0n) is 25.2. The summed E-state index contributed by atoms with van der Waals surface area (Å²) in [6.45, 7) is 6.16. The number of imidazole rings is 1. The third-order valence-corrected chi connectivity index (χ3v) is 8.88. The van der Waals surface area contributed by atoms with Crippen LogP contribution in [0.1, 0.15) is 43.5 Å². The van der Waals surface area contributed by atoms with Crippen molar-refractivity contribution >= 4 is 15.9 Å². The number of carbonyl (C=O) groups is 1. The summed E-state index contributed by atoms with van der Waals surface area (Å²) in [7, 11) is -3.90. The molecule has 0 aliphatic carbocycles. The summed E-state index contributed by atoms with van der Waals surface area (Å²) in [4.78, 5) is 19.1. The van der Waals surface area contributed by atoms with Crippen LogP contribution in [-0.4, -0.2) is 28.8 Å². The Morgan fingerprint density at radius 1 is 0.750 bits per heavy atom. The van der Waals surface area contributed by atoms with Crippen LogP contribution in [0.4, 0.5) is 0 Å². The lowest BCUT2D eigenvalue weighted by Gasteiger charge is -2.25. The molecule has 0 fully saturated rings. The third-order valence-electron chi connectivity index (χ3n) is 7.43. The van der Waals surface area contributed by atoms with Gasteiger partial charge in [0.1, 0.15) is 5.82 Å². The van der Waals surface area contributed by atoms with Crippen molar-refractivity contribution in [1.29, 1.82) is 0 Å². The van der Waals surface area contributed by atoms with Gasteiger partial charge in [0.15, 0.2) is 0 Å². The Kier molecular flexibility index (Phi) is 10.0. The Balaban J connectivity index is 1.56. The van der Waals surface area contributed by atoms with Crippen LogP contribution in [0.3, 0.4) is 0 Å². The van der Waals surface area contributed by atoms with Crippen LogP contribution in [0, 0.1) is 0 Å². The number of hydrogen-bond acceptors (Lipinski definition) is 5. The number of unbranched alkanes of at least 4 members (excludes halogenated alkanes) is 1. The molecule has 5 rings (SSSR count). The van der Waals surface area contributed by atoms with Gasteiger partial charge in [0.05, 0.1) is 16.3 Å². The highest BCUT2D eigenvalue weighted by Crippen LogP contribution is 2.32. The number of nitrogens with zero attached hydrogens (tertiary/aromatic N) is 3. The maximum absolute atomic E-state index is 12.5. The fraction of sp³-hybridized carbons (Fsp3) is 0.222. The number of carbonyl (C=O) groups excluding carboxylic acids is 1. The van der Waals surface area contributed by atoms with Crippen molar-refractivity contribution in [2.24, 2.45) is 0 Å². The zero-order chi connectivity index (χ0) is 30.9. The molecule has 0 spiro atoms. The molecular formula is C36H38N4O3S. The molecule has 0 atom stereocenters. The van der Waals surface area contributed by atoms with Gasteiger partial charge in [-0.1, -0.05) is 116 Å². The molecule has 0 radical (unpaired) electrons. The largest absolute Gasteiger partial charge is 0.326 e. The monoisotopic (exact) mass is 606 g/mol. The number of benzene rings is 4. The molecule has 8 heteroatoms. The number of amides is 1. The lowest BCUT2D eigenvalue weighted by molar-refractivity contribution is -0.117. The molecule has 0 saturated heterocycles. The van der Waals surface area contributed by atoms with Crippen molar-refractivity contribution < 1.29 is 13.2 Å². The van der Waals surface area contributed by atoms with E-state index in [-0.39, 0.29) is 4.90 Å². The van der Waals surface area contributed by atoms with Crippen molar-refractivity contribution in [3.05, 3.63) is 132 Å². The molecule has 4 aromatic carbocycles. The van der Waals surface area contributed by atoms with Crippen LogP contribution in [0.25, 0.3) is 22.6 Å². The van der Waals surface area contributed by atoms with Crippen molar-refractivity contribution in [3.63, 3.8) is 0 Å². The van der Waals surface area contributed by atoms with Crippen molar-refractivity contribution in [2.45, 2.75) is 57.8 Å². The number of rotatable bonds is 13. The van der Waals surface area contributed by atoms with Gasteiger partial charge in [0, 0.05) is 44.2 Å². The molecule has 0 unspecified atom stereocenters. The third kappa shape index (κ3) is 7.70. The Hall–Kier alpha value is -4.53. The average Bonchev–Trinajstić information content (AvgIpc) is 3.38. The molecule has 226 valence electrons. The van der Waals surface area contributed by atoms with E-state index in [1.165, 1.54) is 12.5 Å². The van der Waals surface area contributed by atoms with E-state index in [1.54, 1.807) is 12.1 Å². The standard InChI is InChI=1S/C36H38N4O3S/c1-3-4-24-40-34(35(31-16-10-6-11-17-31)37-36(40)32-18-12-7-13-19-32)27-39(25-29-14-8-5-9-15-29)26-30-20-22-33(23-21-30)44(42,43)38-28(2)41/h5-23H,3-4,24-27H2,1-2H3,(H,38,41). The molecule has 1 N–H and O–H groups in total. The second-order valence-corrected chi connectivity index (χ2v) is 12.6. The molecular weight excluding hydrogens is 568 g/mol. The van der Waals surface area contributed by atoms with E-state index in [4.69, 9.17) is 4.98 Å². The van der Waals surface area contributed by atoms with Crippen molar-refractivity contribution in [1.82, 2.24) is 19.2 Å². The van der Waals surface area contributed by atoms with E-state index < -0.39 is 15.9 Å². The first-order valence-electron chi connectivity index (χ1n) is 14.9. The van der Waals surface area contributed by atoms with Crippen LogP contribution in [-0.2, 0) is 41.0 Å². The molecule has 0 saturated carbocycles. The molecule has 1 heterocycles. The Labute approximate surface area is 260 Å². The Morgan fingerprint density at radius 3 is 1.86 bits per heavy atom. The molecule has 0 aliphatic rings. The normalized spacial score (nSPS) is 11.5. The number of sulfonamides is 1. The van der Waals surface area contributed by atoms with E-state index in [0.29, 0.717) is 19.6 Å². The first-order valence-corrected chi connectivity index (χ1v) is 16.4. The maximum Gasteiger partial charge on any atom is 0.264 e.